The van der Waals surface area contributed by atoms with Crippen LogP contribution in [-0.4, -0.2) is 32.7 Å². The maximum atomic E-state index is 14.1. The number of allylic oxidation sites excluding steroid dienone is 1. The van der Waals surface area contributed by atoms with Gasteiger partial charge >= 0.3 is 0 Å². The molecule has 1 atom stereocenters. The average Bonchev–Trinajstić information content (AvgIpc) is 3.32. The molecule has 1 aliphatic rings. The van der Waals surface area contributed by atoms with E-state index in [1.54, 1.807) is 21.7 Å². The monoisotopic (exact) mass is 454 g/mol. The Morgan fingerprint density at radius 1 is 0.971 bits per heavy atom. The molecule has 0 spiro atoms. The van der Waals surface area contributed by atoms with Crippen molar-refractivity contribution in [3.8, 4) is 0 Å². The molecular formula is C26H23FN6O. The first kappa shape index (κ1) is 21.5. The number of hydrogen-bond acceptors (Lipinski definition) is 5. The molecule has 0 unspecified atom stereocenters. The molecule has 1 aromatic heterocycles. The number of carbonyl (C=O) groups excluding carboxylic acids is 1. The van der Waals surface area contributed by atoms with E-state index in [4.69, 9.17) is 0 Å². The Balaban J connectivity index is 1.54. The summed E-state index contributed by atoms with van der Waals surface area (Å²) in [5, 5.41) is 15.0. The van der Waals surface area contributed by atoms with Gasteiger partial charge in [-0.2, -0.15) is 4.68 Å². The Labute approximate surface area is 196 Å². The van der Waals surface area contributed by atoms with Gasteiger partial charge in [0.15, 0.2) is 0 Å². The van der Waals surface area contributed by atoms with Crippen LogP contribution in [0.2, 0.25) is 0 Å². The van der Waals surface area contributed by atoms with E-state index in [0.29, 0.717) is 5.95 Å². The summed E-state index contributed by atoms with van der Waals surface area (Å²) in [6.07, 6.45) is 2.05. The van der Waals surface area contributed by atoms with Crippen molar-refractivity contribution in [1.82, 2.24) is 20.2 Å². The lowest BCUT2D eigenvalue weighted by Crippen LogP contribution is -2.37. The first-order chi connectivity index (χ1) is 16.5. The maximum Gasteiger partial charge on any atom is 0.251 e. The molecule has 1 amide bonds. The van der Waals surface area contributed by atoms with E-state index in [2.05, 4.69) is 39.1 Å². The third-order valence-electron chi connectivity index (χ3n) is 5.80. The summed E-state index contributed by atoms with van der Waals surface area (Å²) in [7, 11) is 0. The number of para-hydroxylation sites is 1. The second-order valence-corrected chi connectivity index (χ2v) is 8.31. The van der Waals surface area contributed by atoms with Gasteiger partial charge in [0, 0.05) is 0 Å². The van der Waals surface area contributed by atoms with Crippen LogP contribution in [0, 0.1) is 19.7 Å². The third-order valence-corrected chi connectivity index (χ3v) is 5.80. The van der Waals surface area contributed by atoms with E-state index < -0.39 is 5.82 Å². The van der Waals surface area contributed by atoms with Gasteiger partial charge in [-0.25, -0.2) is 4.39 Å². The number of halogens is 1. The number of carbonyl (C=O) groups is 1. The van der Waals surface area contributed by atoms with Crippen LogP contribution >= 0.6 is 0 Å². The van der Waals surface area contributed by atoms with Crippen molar-refractivity contribution in [2.24, 2.45) is 0 Å². The molecule has 34 heavy (non-hydrogen) atoms. The summed E-state index contributed by atoms with van der Waals surface area (Å²) in [6, 6.07) is 22.1. The van der Waals surface area contributed by atoms with Crippen LogP contribution in [0.4, 0.5) is 16.0 Å². The minimum Gasteiger partial charge on any atom is -0.322 e. The molecule has 1 aliphatic heterocycles. The zero-order valence-corrected chi connectivity index (χ0v) is 18.8. The van der Waals surface area contributed by atoms with Gasteiger partial charge in [-0.3, -0.25) is 9.69 Å². The van der Waals surface area contributed by atoms with Gasteiger partial charge in [-0.1, -0.05) is 76.9 Å². The van der Waals surface area contributed by atoms with E-state index in [-0.39, 0.29) is 24.2 Å². The summed E-state index contributed by atoms with van der Waals surface area (Å²) < 4.78 is 15.8. The molecule has 2 heterocycles. The second-order valence-electron chi connectivity index (χ2n) is 8.31. The number of tetrazole rings is 1. The Morgan fingerprint density at radius 3 is 2.35 bits per heavy atom. The molecule has 0 saturated carbocycles. The lowest BCUT2D eigenvalue weighted by atomic mass is 9.99. The Hall–Kier alpha value is -4.33. The van der Waals surface area contributed by atoms with Gasteiger partial charge in [-0.15, -0.1) is 0 Å². The van der Waals surface area contributed by atoms with Crippen LogP contribution in [0.3, 0.4) is 0 Å². The summed E-state index contributed by atoms with van der Waals surface area (Å²) >= 11 is 0. The number of aryl methyl sites for hydroxylation is 2. The number of anilines is 2. The molecule has 7 nitrogen and oxygen atoms in total. The topological polar surface area (TPSA) is 75.9 Å². The van der Waals surface area contributed by atoms with Crippen molar-refractivity contribution in [2.75, 3.05) is 16.8 Å². The quantitative estimate of drug-likeness (QED) is 0.480. The number of nitrogens with zero attached hydrogens (tertiary/aromatic N) is 5. The fourth-order valence-corrected chi connectivity index (χ4v) is 3.99. The first-order valence-corrected chi connectivity index (χ1v) is 10.9. The van der Waals surface area contributed by atoms with Gasteiger partial charge in [-0.05, 0) is 53.6 Å². The molecule has 0 radical (unpaired) electrons. The summed E-state index contributed by atoms with van der Waals surface area (Å²) in [4.78, 5) is 14.7. The lowest BCUT2D eigenvalue weighted by molar-refractivity contribution is -0.114. The highest BCUT2D eigenvalue weighted by Gasteiger charge is 2.32. The van der Waals surface area contributed by atoms with E-state index in [1.165, 1.54) is 12.1 Å². The first-order valence-electron chi connectivity index (χ1n) is 10.9. The van der Waals surface area contributed by atoms with E-state index >= 15 is 0 Å². The standard InChI is InChI=1S/C26H23FN6O/c1-17-7-11-19(12-8-17)23-15-24(20-13-9-18(2)10-14-20)33-26(29-30-31-33)32(23)16-25(34)28-22-6-4-3-5-21(22)27/h3-15,24H,16H2,1-2H3,(H,28,34)/t24-/m0/s1. The van der Waals surface area contributed by atoms with Crippen molar-refractivity contribution in [2.45, 2.75) is 19.9 Å². The molecule has 3 aromatic carbocycles. The van der Waals surface area contributed by atoms with E-state index in [9.17, 15) is 9.18 Å². The fraction of sp³-hybridized carbons (Fsp3) is 0.154. The van der Waals surface area contributed by atoms with Crippen molar-refractivity contribution in [3.05, 3.63) is 107 Å². The Morgan fingerprint density at radius 2 is 1.65 bits per heavy atom. The average molecular weight is 455 g/mol. The van der Waals surface area contributed by atoms with Crippen LogP contribution in [0.15, 0.2) is 78.9 Å². The molecule has 0 fully saturated rings. The SMILES string of the molecule is Cc1ccc(C2=C[C@@H](c3ccc(C)cc3)n3nnnc3N2CC(=O)Nc2ccccc2F)cc1. The van der Waals surface area contributed by atoms with Crippen molar-refractivity contribution in [1.29, 1.82) is 0 Å². The van der Waals surface area contributed by atoms with Gasteiger partial charge in [0.25, 0.3) is 5.95 Å². The number of benzene rings is 3. The van der Waals surface area contributed by atoms with Gasteiger partial charge in [0.05, 0.1) is 11.4 Å². The van der Waals surface area contributed by atoms with Crippen molar-refractivity contribution in [3.63, 3.8) is 0 Å². The molecule has 0 bridgehead atoms. The molecule has 4 aromatic rings. The number of rotatable bonds is 5. The highest BCUT2D eigenvalue weighted by molar-refractivity contribution is 5.97. The zero-order chi connectivity index (χ0) is 23.7. The van der Waals surface area contributed by atoms with Gasteiger partial charge in [0.1, 0.15) is 18.4 Å². The van der Waals surface area contributed by atoms with Crippen LogP contribution < -0.4 is 10.2 Å². The number of aromatic nitrogens is 4. The molecule has 0 saturated heterocycles. The van der Waals surface area contributed by atoms with Crippen LogP contribution in [0.25, 0.3) is 5.70 Å². The van der Waals surface area contributed by atoms with Crippen molar-refractivity contribution < 1.29 is 9.18 Å². The molecule has 8 heteroatoms. The molecule has 0 aliphatic carbocycles. The van der Waals surface area contributed by atoms with Gasteiger partial charge < -0.3 is 5.32 Å². The normalized spacial score (nSPS) is 15.0. The van der Waals surface area contributed by atoms with E-state index in [1.807, 2.05) is 50.2 Å². The molecule has 1 N–H and O–H groups in total. The number of amides is 1. The lowest BCUT2D eigenvalue weighted by Gasteiger charge is -2.32. The van der Waals surface area contributed by atoms with Crippen molar-refractivity contribution >= 4 is 23.2 Å². The predicted molar refractivity (Wildman–Crippen MR) is 129 cm³/mol. The number of nitrogens with one attached hydrogen (secondary N) is 1. The number of hydrogen-bond donors (Lipinski definition) is 1. The largest absolute Gasteiger partial charge is 0.322 e. The summed E-state index contributed by atoms with van der Waals surface area (Å²) in [5.41, 5.74) is 5.17. The summed E-state index contributed by atoms with van der Waals surface area (Å²) in [6.45, 7) is 3.97. The van der Waals surface area contributed by atoms with Gasteiger partial charge in [0.2, 0.25) is 5.91 Å². The molecule has 5 rings (SSSR count). The molecule has 170 valence electrons. The van der Waals surface area contributed by atoms with Crippen LogP contribution in [-0.2, 0) is 4.79 Å². The highest BCUT2D eigenvalue weighted by Crippen LogP contribution is 2.36. The zero-order valence-electron chi connectivity index (χ0n) is 18.8. The second kappa shape index (κ2) is 8.90. The Bertz CT molecular complexity index is 1360. The minimum absolute atomic E-state index is 0.0883. The number of fused-ring (bicyclic) bond motifs is 1. The maximum absolute atomic E-state index is 14.1. The van der Waals surface area contributed by atoms with Crippen LogP contribution in [0.1, 0.15) is 28.3 Å². The predicted octanol–water partition coefficient (Wildman–Crippen LogP) is 4.52. The highest BCUT2D eigenvalue weighted by atomic mass is 19.1. The fourth-order valence-electron chi connectivity index (χ4n) is 3.99. The Kier molecular flexibility index (Phi) is 5.63. The minimum atomic E-state index is -0.493. The van der Waals surface area contributed by atoms with E-state index in [0.717, 1.165) is 28.0 Å². The third kappa shape index (κ3) is 4.17. The van der Waals surface area contributed by atoms with Crippen LogP contribution in [0.5, 0.6) is 0 Å². The smallest absolute Gasteiger partial charge is 0.251 e. The summed E-state index contributed by atoms with van der Waals surface area (Å²) in [5.74, 6) is -0.438. The molecular weight excluding hydrogens is 431 g/mol.